The summed E-state index contributed by atoms with van der Waals surface area (Å²) in [6, 6.07) is 5.95. The van der Waals surface area contributed by atoms with Gasteiger partial charge in [0.1, 0.15) is 0 Å². The smallest absolute Gasteiger partial charge is 0.269 e. The van der Waals surface area contributed by atoms with Crippen LogP contribution in [-0.2, 0) is 4.79 Å². The van der Waals surface area contributed by atoms with Crippen LogP contribution in [0.3, 0.4) is 0 Å². The lowest BCUT2D eigenvalue weighted by Gasteiger charge is -2.57. The Bertz CT molecular complexity index is 621. The van der Waals surface area contributed by atoms with Crippen molar-refractivity contribution < 1.29 is 9.72 Å². The van der Waals surface area contributed by atoms with Crippen molar-refractivity contribution in [3.05, 3.63) is 34.4 Å². The number of carbonyl (C=O) groups is 1. The van der Waals surface area contributed by atoms with E-state index in [1.165, 1.54) is 50.7 Å². The van der Waals surface area contributed by atoms with Gasteiger partial charge in [-0.3, -0.25) is 14.9 Å². The van der Waals surface area contributed by atoms with E-state index in [9.17, 15) is 14.9 Å². The van der Waals surface area contributed by atoms with Crippen molar-refractivity contribution in [2.75, 3.05) is 11.9 Å². The van der Waals surface area contributed by atoms with E-state index in [1.54, 1.807) is 12.1 Å². The minimum Gasteiger partial charge on any atom is -0.325 e. The van der Waals surface area contributed by atoms with Gasteiger partial charge in [0.25, 0.3) is 5.69 Å². The largest absolute Gasteiger partial charge is 0.325 e. The van der Waals surface area contributed by atoms with Gasteiger partial charge in [0.15, 0.2) is 0 Å². The van der Waals surface area contributed by atoms with Gasteiger partial charge < -0.3 is 10.6 Å². The molecular formula is C18H23N3O3. The number of benzene rings is 1. The predicted molar refractivity (Wildman–Crippen MR) is 90.6 cm³/mol. The number of nitro benzene ring substituents is 1. The third-order valence-corrected chi connectivity index (χ3v) is 6.02. The van der Waals surface area contributed by atoms with Crippen molar-refractivity contribution in [2.45, 2.75) is 44.1 Å². The molecule has 4 fully saturated rings. The molecule has 6 nitrogen and oxygen atoms in total. The highest BCUT2D eigenvalue weighted by Gasteiger charge is 2.50. The zero-order chi connectivity index (χ0) is 16.7. The van der Waals surface area contributed by atoms with Crippen LogP contribution in [0.15, 0.2) is 24.3 Å². The Morgan fingerprint density at radius 1 is 1.08 bits per heavy atom. The van der Waals surface area contributed by atoms with E-state index in [4.69, 9.17) is 0 Å². The fourth-order valence-electron chi connectivity index (χ4n) is 5.47. The molecule has 1 aromatic rings. The van der Waals surface area contributed by atoms with Crippen molar-refractivity contribution in [2.24, 2.45) is 17.8 Å². The summed E-state index contributed by atoms with van der Waals surface area (Å²) in [5, 5.41) is 17.0. The van der Waals surface area contributed by atoms with E-state index in [0.717, 1.165) is 17.8 Å². The maximum atomic E-state index is 12.2. The molecule has 4 bridgehead atoms. The van der Waals surface area contributed by atoms with Crippen LogP contribution in [0.2, 0.25) is 0 Å². The molecule has 4 aliphatic rings. The summed E-state index contributed by atoms with van der Waals surface area (Å²) >= 11 is 0. The molecule has 5 rings (SSSR count). The van der Waals surface area contributed by atoms with Crippen LogP contribution in [0.5, 0.6) is 0 Å². The highest BCUT2D eigenvalue weighted by molar-refractivity contribution is 5.92. The van der Waals surface area contributed by atoms with E-state index in [-0.39, 0.29) is 17.1 Å². The zero-order valence-corrected chi connectivity index (χ0v) is 13.7. The molecule has 0 spiro atoms. The van der Waals surface area contributed by atoms with Crippen molar-refractivity contribution in [1.82, 2.24) is 5.32 Å². The van der Waals surface area contributed by atoms with E-state index in [1.807, 2.05) is 0 Å². The van der Waals surface area contributed by atoms with Crippen LogP contribution < -0.4 is 10.6 Å². The molecule has 0 unspecified atom stereocenters. The average Bonchev–Trinajstić information content (AvgIpc) is 2.52. The normalized spacial score (nSPS) is 33.4. The number of carbonyl (C=O) groups excluding carboxylic acids is 1. The number of hydrogen-bond donors (Lipinski definition) is 2. The molecule has 4 saturated carbocycles. The summed E-state index contributed by atoms with van der Waals surface area (Å²) in [7, 11) is 0. The monoisotopic (exact) mass is 329 g/mol. The number of nitrogens with zero attached hydrogens (tertiary/aromatic N) is 1. The van der Waals surface area contributed by atoms with E-state index in [2.05, 4.69) is 10.6 Å². The first kappa shape index (κ1) is 15.6. The van der Waals surface area contributed by atoms with Gasteiger partial charge in [-0.15, -0.1) is 0 Å². The summed E-state index contributed by atoms with van der Waals surface area (Å²) < 4.78 is 0. The molecular weight excluding hydrogens is 306 g/mol. The number of non-ortho nitro benzene ring substituents is 1. The number of rotatable bonds is 5. The standard InChI is InChI=1S/C18H23N3O3/c22-17(20-15-1-3-16(4-2-15)21(23)24)11-19-18-8-12-5-13(9-18)7-14(6-12)10-18/h1-4,12-14,19H,5-11H2,(H,20,22). The van der Waals surface area contributed by atoms with E-state index < -0.39 is 4.92 Å². The lowest BCUT2D eigenvalue weighted by molar-refractivity contribution is -0.384. The molecule has 24 heavy (non-hydrogen) atoms. The fourth-order valence-corrected chi connectivity index (χ4v) is 5.47. The SMILES string of the molecule is O=C(CNC12CC3CC(CC(C3)C1)C2)Nc1ccc([N+](=O)[O-])cc1. The summed E-state index contributed by atoms with van der Waals surface area (Å²) in [6.07, 6.45) is 7.79. The van der Waals surface area contributed by atoms with Gasteiger partial charge >= 0.3 is 0 Å². The van der Waals surface area contributed by atoms with Crippen molar-refractivity contribution in [1.29, 1.82) is 0 Å². The van der Waals surface area contributed by atoms with Crippen LogP contribution in [-0.4, -0.2) is 22.9 Å². The Morgan fingerprint density at radius 2 is 1.62 bits per heavy atom. The van der Waals surface area contributed by atoms with Crippen LogP contribution in [0, 0.1) is 27.9 Å². The van der Waals surface area contributed by atoms with Crippen molar-refractivity contribution in [3.8, 4) is 0 Å². The van der Waals surface area contributed by atoms with Gasteiger partial charge in [0, 0.05) is 23.4 Å². The third-order valence-electron chi connectivity index (χ3n) is 6.02. The molecule has 1 aromatic carbocycles. The molecule has 0 aliphatic heterocycles. The first-order valence-corrected chi connectivity index (χ1v) is 8.81. The van der Waals surface area contributed by atoms with E-state index >= 15 is 0 Å². The first-order valence-electron chi connectivity index (χ1n) is 8.81. The van der Waals surface area contributed by atoms with Crippen LogP contribution in [0.1, 0.15) is 38.5 Å². The first-order chi connectivity index (χ1) is 11.5. The molecule has 0 atom stereocenters. The summed E-state index contributed by atoms with van der Waals surface area (Å²) in [5.74, 6) is 2.46. The van der Waals surface area contributed by atoms with Crippen LogP contribution in [0.25, 0.3) is 0 Å². The van der Waals surface area contributed by atoms with Crippen LogP contribution >= 0.6 is 0 Å². The van der Waals surface area contributed by atoms with Gasteiger partial charge in [-0.05, 0) is 68.4 Å². The quantitative estimate of drug-likeness (QED) is 0.642. The van der Waals surface area contributed by atoms with Gasteiger partial charge in [-0.25, -0.2) is 0 Å². The Labute approximate surface area is 141 Å². The number of nitro groups is 1. The zero-order valence-electron chi connectivity index (χ0n) is 13.7. The second kappa shape index (κ2) is 5.84. The summed E-state index contributed by atoms with van der Waals surface area (Å²) in [5.41, 5.74) is 0.791. The van der Waals surface area contributed by atoms with Gasteiger partial charge in [0.2, 0.25) is 5.91 Å². The highest BCUT2D eigenvalue weighted by Crippen LogP contribution is 2.55. The molecule has 0 saturated heterocycles. The Morgan fingerprint density at radius 3 is 2.12 bits per heavy atom. The second-order valence-electron chi connectivity index (χ2n) is 7.90. The minimum absolute atomic E-state index is 0.0275. The van der Waals surface area contributed by atoms with Crippen molar-refractivity contribution in [3.63, 3.8) is 0 Å². The molecule has 2 N–H and O–H groups in total. The number of amides is 1. The Kier molecular flexibility index (Phi) is 3.79. The van der Waals surface area contributed by atoms with Crippen molar-refractivity contribution >= 4 is 17.3 Å². The molecule has 4 aliphatic carbocycles. The second-order valence-corrected chi connectivity index (χ2v) is 7.90. The molecule has 1 amide bonds. The molecule has 128 valence electrons. The lowest BCUT2D eigenvalue weighted by Crippen LogP contribution is -2.59. The third kappa shape index (κ3) is 3.02. The highest BCUT2D eigenvalue weighted by atomic mass is 16.6. The molecule has 0 heterocycles. The molecule has 6 heteroatoms. The average molecular weight is 329 g/mol. The minimum atomic E-state index is -0.444. The predicted octanol–water partition coefficient (Wildman–Crippen LogP) is 3.09. The fraction of sp³-hybridized carbons (Fsp3) is 0.611. The van der Waals surface area contributed by atoms with E-state index in [0.29, 0.717) is 12.2 Å². The number of hydrogen-bond acceptors (Lipinski definition) is 4. The van der Waals surface area contributed by atoms with Gasteiger partial charge in [0.05, 0.1) is 11.5 Å². The Hall–Kier alpha value is -1.95. The summed E-state index contributed by atoms with van der Waals surface area (Å²) in [4.78, 5) is 22.4. The number of nitrogens with one attached hydrogen (secondary N) is 2. The summed E-state index contributed by atoms with van der Waals surface area (Å²) in [6.45, 7) is 0.309. The molecule has 0 aromatic heterocycles. The molecule has 0 radical (unpaired) electrons. The van der Waals surface area contributed by atoms with Crippen LogP contribution in [0.4, 0.5) is 11.4 Å². The topological polar surface area (TPSA) is 84.3 Å². The maximum Gasteiger partial charge on any atom is 0.269 e. The Balaban J connectivity index is 1.33. The van der Waals surface area contributed by atoms with Gasteiger partial charge in [-0.1, -0.05) is 0 Å². The van der Waals surface area contributed by atoms with Gasteiger partial charge in [-0.2, -0.15) is 0 Å². The lowest BCUT2D eigenvalue weighted by atomic mass is 9.53. The number of anilines is 1. The maximum absolute atomic E-state index is 12.2.